The predicted molar refractivity (Wildman–Crippen MR) is 90.6 cm³/mol. The average molecular weight is 320 g/mol. The lowest BCUT2D eigenvalue weighted by atomic mass is 9.90. The predicted octanol–water partition coefficient (Wildman–Crippen LogP) is 2.16. The molecule has 3 N–H and O–H groups in total. The molecule has 0 fully saturated rings. The zero-order valence-corrected chi connectivity index (χ0v) is 12.9. The molecule has 7 nitrogen and oxygen atoms in total. The SMILES string of the molecule is Nc1nc(-c2ccncc2)nn1C(=O)[C@@H]1CCNc2ccccc21. The van der Waals surface area contributed by atoms with Crippen LogP contribution in [-0.4, -0.2) is 32.2 Å². The molecule has 1 aliphatic heterocycles. The third-order valence-electron chi connectivity index (χ3n) is 4.16. The van der Waals surface area contributed by atoms with Gasteiger partial charge in [-0.1, -0.05) is 18.2 Å². The van der Waals surface area contributed by atoms with Gasteiger partial charge in [-0.15, -0.1) is 5.10 Å². The van der Waals surface area contributed by atoms with Gasteiger partial charge < -0.3 is 11.1 Å². The van der Waals surface area contributed by atoms with Crippen molar-refractivity contribution in [3.63, 3.8) is 0 Å². The zero-order chi connectivity index (χ0) is 16.5. The number of rotatable bonds is 2. The molecule has 120 valence electrons. The minimum absolute atomic E-state index is 0.0998. The molecule has 3 aromatic rings. The van der Waals surface area contributed by atoms with Crippen LogP contribution in [0.1, 0.15) is 22.7 Å². The Morgan fingerprint density at radius 3 is 2.83 bits per heavy atom. The van der Waals surface area contributed by atoms with Gasteiger partial charge in [0.2, 0.25) is 5.95 Å². The fourth-order valence-electron chi connectivity index (χ4n) is 2.98. The lowest BCUT2D eigenvalue weighted by Gasteiger charge is -2.25. The average Bonchev–Trinajstić information content (AvgIpc) is 3.03. The van der Waals surface area contributed by atoms with E-state index in [4.69, 9.17) is 5.73 Å². The highest BCUT2D eigenvalue weighted by atomic mass is 16.2. The highest BCUT2D eigenvalue weighted by Gasteiger charge is 2.29. The summed E-state index contributed by atoms with van der Waals surface area (Å²) in [6.07, 6.45) is 3.99. The number of carbonyl (C=O) groups is 1. The number of hydrogen-bond acceptors (Lipinski definition) is 6. The number of pyridine rings is 1. The summed E-state index contributed by atoms with van der Waals surface area (Å²) in [4.78, 5) is 21.2. The van der Waals surface area contributed by atoms with Crippen LogP contribution in [0.2, 0.25) is 0 Å². The fraction of sp³-hybridized carbons (Fsp3) is 0.176. The van der Waals surface area contributed by atoms with E-state index in [9.17, 15) is 4.79 Å². The summed E-state index contributed by atoms with van der Waals surface area (Å²) < 4.78 is 1.21. The molecule has 0 amide bonds. The third-order valence-corrected chi connectivity index (χ3v) is 4.16. The van der Waals surface area contributed by atoms with Gasteiger partial charge in [-0.2, -0.15) is 9.67 Å². The molecule has 0 spiro atoms. The number of para-hydroxylation sites is 1. The van der Waals surface area contributed by atoms with Crippen LogP contribution in [0.3, 0.4) is 0 Å². The van der Waals surface area contributed by atoms with Crippen LogP contribution in [0, 0.1) is 0 Å². The van der Waals surface area contributed by atoms with E-state index in [1.807, 2.05) is 24.3 Å². The number of nitrogens with zero attached hydrogens (tertiary/aromatic N) is 4. The van der Waals surface area contributed by atoms with E-state index in [-0.39, 0.29) is 17.8 Å². The first-order chi connectivity index (χ1) is 11.7. The first-order valence-electron chi connectivity index (χ1n) is 7.74. The van der Waals surface area contributed by atoms with E-state index in [1.165, 1.54) is 4.68 Å². The summed E-state index contributed by atoms with van der Waals surface area (Å²) in [5.74, 6) is 0.0827. The lowest BCUT2D eigenvalue weighted by molar-refractivity contribution is 0.0859. The molecule has 0 aliphatic carbocycles. The number of anilines is 2. The Morgan fingerprint density at radius 1 is 1.21 bits per heavy atom. The van der Waals surface area contributed by atoms with E-state index < -0.39 is 0 Å². The standard InChI is InChI=1S/C17H16N6O/c18-17-21-15(11-5-8-19-9-6-11)22-23(17)16(24)13-7-10-20-14-4-2-1-3-12(13)14/h1-6,8-9,13,20H,7,10H2,(H2,18,21,22)/t13-/m1/s1. The van der Waals surface area contributed by atoms with E-state index in [1.54, 1.807) is 24.5 Å². The van der Waals surface area contributed by atoms with Gasteiger partial charge in [-0.05, 0) is 30.2 Å². The van der Waals surface area contributed by atoms with Gasteiger partial charge >= 0.3 is 0 Å². The monoisotopic (exact) mass is 320 g/mol. The van der Waals surface area contributed by atoms with Gasteiger partial charge in [-0.3, -0.25) is 9.78 Å². The smallest absolute Gasteiger partial charge is 0.257 e. The van der Waals surface area contributed by atoms with Crippen LogP contribution in [0.5, 0.6) is 0 Å². The molecule has 1 aromatic carbocycles. The summed E-state index contributed by atoms with van der Waals surface area (Å²) >= 11 is 0. The second kappa shape index (κ2) is 5.77. The number of fused-ring (bicyclic) bond motifs is 1. The summed E-state index contributed by atoms with van der Waals surface area (Å²) in [6, 6.07) is 11.4. The Balaban J connectivity index is 1.70. The number of nitrogens with one attached hydrogen (secondary N) is 1. The Labute approximate surface area is 138 Å². The Kier molecular flexibility index (Phi) is 3.45. The van der Waals surface area contributed by atoms with Crippen molar-refractivity contribution in [1.82, 2.24) is 19.7 Å². The van der Waals surface area contributed by atoms with Crippen molar-refractivity contribution in [3.8, 4) is 11.4 Å². The maximum atomic E-state index is 13.0. The molecule has 0 radical (unpaired) electrons. The molecule has 0 saturated carbocycles. The minimum Gasteiger partial charge on any atom is -0.385 e. The fourth-order valence-corrected chi connectivity index (χ4v) is 2.98. The summed E-state index contributed by atoms with van der Waals surface area (Å²) in [5.41, 5.74) is 8.66. The van der Waals surface area contributed by atoms with E-state index in [0.717, 1.165) is 23.4 Å². The van der Waals surface area contributed by atoms with Gasteiger partial charge in [0.05, 0.1) is 5.92 Å². The molecule has 0 unspecified atom stereocenters. The number of hydrogen-bond donors (Lipinski definition) is 2. The van der Waals surface area contributed by atoms with Crippen molar-refractivity contribution in [1.29, 1.82) is 0 Å². The molecule has 4 rings (SSSR count). The maximum absolute atomic E-state index is 13.0. The van der Waals surface area contributed by atoms with E-state index in [2.05, 4.69) is 20.4 Å². The number of aromatic nitrogens is 4. The Hall–Kier alpha value is -3.22. The molecule has 2 aromatic heterocycles. The van der Waals surface area contributed by atoms with Crippen LogP contribution in [0.4, 0.5) is 11.6 Å². The van der Waals surface area contributed by atoms with Gasteiger partial charge in [-0.25, -0.2) is 0 Å². The molecule has 24 heavy (non-hydrogen) atoms. The first kappa shape index (κ1) is 14.4. The zero-order valence-electron chi connectivity index (χ0n) is 12.9. The summed E-state index contributed by atoms with van der Waals surface area (Å²) in [7, 11) is 0. The van der Waals surface area contributed by atoms with Crippen LogP contribution in [0.15, 0.2) is 48.8 Å². The van der Waals surface area contributed by atoms with Crippen molar-refractivity contribution < 1.29 is 4.79 Å². The normalized spacial score (nSPS) is 16.2. The molecule has 0 bridgehead atoms. The highest BCUT2D eigenvalue weighted by Crippen LogP contribution is 2.33. The van der Waals surface area contributed by atoms with Crippen LogP contribution < -0.4 is 11.1 Å². The Bertz CT molecular complexity index is 889. The molecule has 1 atom stereocenters. The number of nitrogen functional groups attached to an aromatic ring is 1. The maximum Gasteiger partial charge on any atom is 0.257 e. The second-order valence-electron chi connectivity index (χ2n) is 5.63. The van der Waals surface area contributed by atoms with Crippen molar-refractivity contribution in [3.05, 3.63) is 54.4 Å². The highest BCUT2D eigenvalue weighted by molar-refractivity contribution is 5.89. The summed E-state index contributed by atoms with van der Waals surface area (Å²) in [6.45, 7) is 0.735. The van der Waals surface area contributed by atoms with Gasteiger partial charge in [0, 0.05) is 30.2 Å². The molecule has 1 aliphatic rings. The third kappa shape index (κ3) is 2.40. The Morgan fingerprint density at radius 2 is 2.00 bits per heavy atom. The quantitative estimate of drug-likeness (QED) is 0.751. The lowest BCUT2D eigenvalue weighted by Crippen LogP contribution is -2.28. The molecular formula is C17H16N6O. The number of carbonyl (C=O) groups excluding carboxylic acids is 1. The van der Waals surface area contributed by atoms with Crippen LogP contribution in [-0.2, 0) is 0 Å². The van der Waals surface area contributed by atoms with Crippen LogP contribution >= 0.6 is 0 Å². The van der Waals surface area contributed by atoms with E-state index in [0.29, 0.717) is 12.2 Å². The first-order valence-corrected chi connectivity index (χ1v) is 7.74. The molecule has 7 heteroatoms. The van der Waals surface area contributed by atoms with Crippen molar-refractivity contribution >= 4 is 17.5 Å². The second-order valence-corrected chi connectivity index (χ2v) is 5.63. The van der Waals surface area contributed by atoms with Crippen molar-refractivity contribution in [2.45, 2.75) is 12.3 Å². The molecule has 0 saturated heterocycles. The van der Waals surface area contributed by atoms with Gasteiger partial charge in [0.1, 0.15) is 0 Å². The van der Waals surface area contributed by atoms with Crippen molar-refractivity contribution in [2.75, 3.05) is 17.6 Å². The van der Waals surface area contributed by atoms with Gasteiger partial charge in [0.25, 0.3) is 5.91 Å². The van der Waals surface area contributed by atoms with Crippen molar-refractivity contribution in [2.24, 2.45) is 0 Å². The van der Waals surface area contributed by atoms with E-state index >= 15 is 0 Å². The number of benzene rings is 1. The largest absolute Gasteiger partial charge is 0.385 e. The summed E-state index contributed by atoms with van der Waals surface area (Å²) in [5, 5.41) is 7.62. The van der Waals surface area contributed by atoms with Gasteiger partial charge in [0.15, 0.2) is 5.82 Å². The molecule has 3 heterocycles. The number of nitrogens with two attached hydrogens (primary N) is 1. The minimum atomic E-state index is -0.281. The molecular weight excluding hydrogens is 304 g/mol. The van der Waals surface area contributed by atoms with Crippen LogP contribution in [0.25, 0.3) is 11.4 Å². The topological polar surface area (TPSA) is 98.7 Å².